The summed E-state index contributed by atoms with van der Waals surface area (Å²) in [5.74, 6) is -1.05. The van der Waals surface area contributed by atoms with Gasteiger partial charge in [-0.05, 0) is 7.05 Å². The van der Waals surface area contributed by atoms with Gasteiger partial charge in [-0.3, -0.25) is 4.90 Å². The topological polar surface area (TPSA) is 49.9 Å². The Kier molecular flexibility index (Phi) is 3.89. The molecule has 1 fully saturated rings. The van der Waals surface area contributed by atoms with E-state index in [9.17, 15) is 4.39 Å². The summed E-state index contributed by atoms with van der Waals surface area (Å²) in [5, 5.41) is 3.08. The largest absolute Gasteiger partial charge is 0.489 e. The van der Waals surface area contributed by atoms with Crippen LogP contribution in [0, 0.1) is 5.82 Å². The number of nitrogens with zero attached hydrogens (tertiary/aromatic N) is 3. The van der Waals surface area contributed by atoms with Gasteiger partial charge in [0, 0.05) is 52.4 Å². The first-order valence-corrected chi connectivity index (χ1v) is 7.01. The third kappa shape index (κ3) is 4.79. The first-order chi connectivity index (χ1) is 13.3. The molecule has 1 saturated heterocycles. The van der Waals surface area contributed by atoms with E-state index in [-0.39, 0.29) is 11.6 Å². The molecule has 0 aliphatic carbocycles. The number of hydrogen-bond acceptors (Lipinski definition) is 6. The van der Waals surface area contributed by atoms with Gasteiger partial charge in [-0.15, -0.1) is 0 Å². The molecule has 2 heterocycles. The highest BCUT2D eigenvalue weighted by molar-refractivity contribution is 5.43. The summed E-state index contributed by atoms with van der Waals surface area (Å²) in [6.45, 7) is -2.12. The Morgan fingerprint density at radius 3 is 2.91 bits per heavy atom. The summed E-state index contributed by atoms with van der Waals surface area (Å²) >= 11 is 0. The number of pyridine rings is 1. The minimum Gasteiger partial charge on any atom is -0.489 e. The molecule has 0 aromatic carbocycles. The van der Waals surface area contributed by atoms with Crippen LogP contribution in [-0.4, -0.2) is 76.4 Å². The molecule has 124 valence electrons. The molecule has 22 heavy (non-hydrogen) atoms. The summed E-state index contributed by atoms with van der Waals surface area (Å²) in [5.41, 5.74) is 0. The van der Waals surface area contributed by atoms with E-state index >= 15 is 0 Å². The zero-order chi connectivity index (χ0) is 21.9. The molecule has 1 aromatic heterocycles. The Bertz CT molecular complexity index is 685. The zero-order valence-corrected chi connectivity index (χ0v) is 12.4. The van der Waals surface area contributed by atoms with Crippen LogP contribution in [0.5, 0.6) is 5.75 Å². The molecule has 1 aromatic rings. The molecule has 1 N–H and O–H groups in total. The molecule has 7 heteroatoms. The molecule has 0 bridgehead atoms. The molecule has 0 amide bonds. The van der Waals surface area contributed by atoms with Crippen LogP contribution in [0.2, 0.25) is 0 Å². The summed E-state index contributed by atoms with van der Waals surface area (Å²) in [7, 11) is -1.30. The summed E-state index contributed by atoms with van der Waals surface area (Å²) < 4.78 is 74.7. The third-order valence-corrected chi connectivity index (χ3v) is 3.41. The van der Waals surface area contributed by atoms with Gasteiger partial charge < -0.3 is 19.7 Å². The first kappa shape index (κ1) is 9.64. The zero-order valence-electron chi connectivity index (χ0n) is 19.4. The van der Waals surface area contributed by atoms with E-state index in [4.69, 9.17) is 14.3 Å². The average molecular weight is 319 g/mol. The van der Waals surface area contributed by atoms with Gasteiger partial charge >= 0.3 is 0 Å². The maximum atomic E-state index is 14.5. The predicted molar refractivity (Wildman–Crippen MR) is 84.1 cm³/mol. The van der Waals surface area contributed by atoms with Crippen molar-refractivity contribution < 1.29 is 23.5 Å². The molecule has 0 saturated carbocycles. The molecule has 0 atom stereocenters. The second kappa shape index (κ2) is 8.87. The monoisotopic (exact) mass is 319 g/mol. The van der Waals surface area contributed by atoms with E-state index in [0.717, 1.165) is 38.4 Å². The van der Waals surface area contributed by atoms with Gasteiger partial charge in [-0.2, -0.15) is 0 Å². The van der Waals surface area contributed by atoms with Crippen molar-refractivity contribution in [3.05, 3.63) is 18.1 Å². The predicted octanol–water partition coefficient (Wildman–Crippen LogP) is 0.587. The Balaban J connectivity index is 2.04. The number of piperazine rings is 1. The van der Waals surface area contributed by atoms with Crippen molar-refractivity contribution in [2.24, 2.45) is 0 Å². The fourth-order valence-corrected chi connectivity index (χ4v) is 2.26. The number of rotatable bonds is 8. The third-order valence-electron chi connectivity index (χ3n) is 3.41. The minimum absolute atomic E-state index is 0.0907. The number of anilines is 1. The molecule has 1 aliphatic heterocycles. The molecule has 0 unspecified atom stereocenters. The van der Waals surface area contributed by atoms with Crippen LogP contribution in [0.15, 0.2) is 12.3 Å². The SMILES string of the molecule is [2H]C([2H])([2H])OC([2H])([2H])C([2H])([2H])Oc1cnc(N2CCN(CCNC)CC2)c(F)c1. The van der Waals surface area contributed by atoms with E-state index in [1.807, 2.05) is 7.05 Å². The van der Waals surface area contributed by atoms with Gasteiger partial charge in [-0.25, -0.2) is 9.37 Å². The Morgan fingerprint density at radius 2 is 2.23 bits per heavy atom. The lowest BCUT2D eigenvalue weighted by Gasteiger charge is -2.35. The first-order valence-electron chi connectivity index (χ1n) is 10.5. The fourth-order valence-electron chi connectivity index (χ4n) is 2.26. The number of halogens is 1. The van der Waals surface area contributed by atoms with E-state index in [2.05, 4.69) is 19.9 Å². The standard InChI is InChI=1S/C15H25FN4O2/c1-17-3-4-19-5-7-20(8-6-19)15-14(16)11-13(12-18-15)22-10-9-21-2/h11-12,17H,3-10H2,1-2H3/i2D3,9D2,10D2. The van der Waals surface area contributed by atoms with Gasteiger partial charge in [0.25, 0.3) is 0 Å². The smallest absolute Gasteiger partial charge is 0.169 e. The highest BCUT2D eigenvalue weighted by atomic mass is 19.1. The van der Waals surface area contributed by atoms with Crippen LogP contribution >= 0.6 is 0 Å². The average Bonchev–Trinajstić information content (AvgIpc) is 2.58. The normalized spacial score (nSPS) is 22.6. The van der Waals surface area contributed by atoms with Crippen LogP contribution in [0.25, 0.3) is 0 Å². The van der Waals surface area contributed by atoms with Gasteiger partial charge in [0.15, 0.2) is 11.6 Å². The van der Waals surface area contributed by atoms with Crippen molar-refractivity contribution >= 4 is 5.82 Å². The van der Waals surface area contributed by atoms with Crippen LogP contribution in [0.1, 0.15) is 9.60 Å². The Hall–Kier alpha value is -1.44. The van der Waals surface area contributed by atoms with E-state index < -0.39 is 26.0 Å². The Labute approximate surface area is 141 Å². The van der Waals surface area contributed by atoms with Crippen LogP contribution in [0.4, 0.5) is 10.2 Å². The molecule has 2 rings (SSSR count). The van der Waals surface area contributed by atoms with Gasteiger partial charge in [0.2, 0.25) is 0 Å². The second-order valence-electron chi connectivity index (χ2n) is 4.82. The van der Waals surface area contributed by atoms with E-state index in [0.29, 0.717) is 13.1 Å². The number of hydrogen-bond donors (Lipinski definition) is 1. The van der Waals surface area contributed by atoms with Crippen molar-refractivity contribution in [3.8, 4) is 5.75 Å². The Morgan fingerprint density at radius 1 is 1.41 bits per heavy atom. The lowest BCUT2D eigenvalue weighted by Crippen LogP contribution is -2.48. The number of aromatic nitrogens is 1. The number of nitrogens with one attached hydrogen (secondary N) is 1. The number of methoxy groups -OCH3 is 1. The fraction of sp³-hybridized carbons (Fsp3) is 0.667. The number of ether oxygens (including phenoxy) is 2. The molecular formula is C15H25FN4O2. The summed E-state index contributed by atoms with van der Waals surface area (Å²) in [6.07, 6.45) is 1.06. The summed E-state index contributed by atoms with van der Waals surface area (Å²) in [6, 6.07) is 0.888. The van der Waals surface area contributed by atoms with Crippen LogP contribution in [-0.2, 0) is 4.74 Å². The van der Waals surface area contributed by atoms with Crippen molar-refractivity contribution in [2.45, 2.75) is 0 Å². The quantitative estimate of drug-likeness (QED) is 0.757. The van der Waals surface area contributed by atoms with Crippen molar-refractivity contribution in [1.29, 1.82) is 0 Å². The van der Waals surface area contributed by atoms with E-state index in [1.54, 1.807) is 4.90 Å². The number of likely N-dealkylation sites (N-methyl/N-ethyl adjacent to an activating group) is 1. The molecule has 0 spiro atoms. The molecular weight excluding hydrogens is 287 g/mol. The van der Waals surface area contributed by atoms with E-state index in [1.165, 1.54) is 0 Å². The minimum atomic E-state index is -3.31. The second-order valence-corrected chi connectivity index (χ2v) is 4.82. The highest BCUT2D eigenvalue weighted by Gasteiger charge is 2.20. The van der Waals surface area contributed by atoms with Crippen molar-refractivity contribution in [2.75, 3.05) is 71.4 Å². The van der Waals surface area contributed by atoms with Gasteiger partial charge in [0.1, 0.15) is 12.3 Å². The maximum absolute atomic E-state index is 14.5. The summed E-state index contributed by atoms with van der Waals surface area (Å²) in [4.78, 5) is 7.99. The van der Waals surface area contributed by atoms with Gasteiger partial charge in [-0.1, -0.05) is 0 Å². The molecule has 1 aliphatic rings. The molecule has 6 nitrogen and oxygen atoms in total. The van der Waals surface area contributed by atoms with Crippen molar-refractivity contribution in [3.63, 3.8) is 0 Å². The van der Waals surface area contributed by atoms with Crippen LogP contribution in [0.3, 0.4) is 0 Å². The lowest BCUT2D eigenvalue weighted by atomic mass is 10.3. The van der Waals surface area contributed by atoms with Gasteiger partial charge in [0.05, 0.1) is 22.4 Å². The highest BCUT2D eigenvalue weighted by Crippen LogP contribution is 2.22. The molecule has 0 radical (unpaired) electrons. The maximum Gasteiger partial charge on any atom is 0.169 e. The lowest BCUT2D eigenvalue weighted by molar-refractivity contribution is 0.146. The van der Waals surface area contributed by atoms with Crippen LogP contribution < -0.4 is 15.0 Å². The van der Waals surface area contributed by atoms with Crippen molar-refractivity contribution in [1.82, 2.24) is 15.2 Å².